The average molecular weight is 334 g/mol. The van der Waals surface area contributed by atoms with Crippen molar-refractivity contribution < 1.29 is 14.3 Å². The predicted octanol–water partition coefficient (Wildman–Crippen LogP) is 2.15. The number of nitrogens with zero attached hydrogens (tertiary/aromatic N) is 1. The third-order valence-electron chi connectivity index (χ3n) is 3.78. The van der Waals surface area contributed by atoms with Crippen LogP contribution < -0.4 is 5.32 Å². The molecule has 1 saturated heterocycles. The SMILES string of the molecule is O=C(C#Cc1ccccc1)Nc1ccc(C(=O)N2CCOCC2)cc1. The number of rotatable bonds is 2. The Bertz CT molecular complexity index is 798. The van der Waals surface area contributed by atoms with Crippen molar-refractivity contribution in [1.29, 1.82) is 0 Å². The topological polar surface area (TPSA) is 58.6 Å². The Morgan fingerprint density at radius 3 is 2.32 bits per heavy atom. The highest BCUT2D eigenvalue weighted by molar-refractivity contribution is 6.04. The third-order valence-corrected chi connectivity index (χ3v) is 3.78. The van der Waals surface area contributed by atoms with E-state index in [1.165, 1.54) is 0 Å². The van der Waals surface area contributed by atoms with Crippen molar-refractivity contribution in [2.45, 2.75) is 0 Å². The van der Waals surface area contributed by atoms with Crippen LogP contribution in [-0.2, 0) is 9.53 Å². The second kappa shape index (κ2) is 8.13. The fourth-order valence-corrected chi connectivity index (χ4v) is 2.46. The maximum absolute atomic E-state index is 12.4. The molecule has 0 unspecified atom stereocenters. The van der Waals surface area contributed by atoms with Crippen LogP contribution in [0.5, 0.6) is 0 Å². The van der Waals surface area contributed by atoms with Crippen LogP contribution in [0.4, 0.5) is 5.69 Å². The molecule has 2 amide bonds. The highest BCUT2D eigenvalue weighted by Gasteiger charge is 2.18. The van der Waals surface area contributed by atoms with Crippen LogP contribution in [-0.4, -0.2) is 43.0 Å². The fourth-order valence-electron chi connectivity index (χ4n) is 2.46. The highest BCUT2D eigenvalue weighted by Crippen LogP contribution is 2.12. The van der Waals surface area contributed by atoms with Crippen molar-refractivity contribution >= 4 is 17.5 Å². The summed E-state index contributed by atoms with van der Waals surface area (Å²) in [6.07, 6.45) is 0. The number of nitrogens with one attached hydrogen (secondary N) is 1. The molecular formula is C20H18N2O3. The molecule has 5 heteroatoms. The van der Waals surface area contributed by atoms with E-state index in [0.717, 1.165) is 5.56 Å². The van der Waals surface area contributed by atoms with Gasteiger partial charge in [-0.25, -0.2) is 0 Å². The van der Waals surface area contributed by atoms with E-state index < -0.39 is 5.91 Å². The first-order valence-corrected chi connectivity index (χ1v) is 8.07. The summed E-state index contributed by atoms with van der Waals surface area (Å²) in [6, 6.07) is 16.1. The van der Waals surface area contributed by atoms with Crippen LogP contribution in [0, 0.1) is 11.8 Å². The van der Waals surface area contributed by atoms with Gasteiger partial charge in [-0.15, -0.1) is 0 Å². The molecule has 1 aliphatic heterocycles. The zero-order valence-corrected chi connectivity index (χ0v) is 13.7. The molecule has 0 saturated carbocycles. The Balaban J connectivity index is 1.60. The molecule has 3 rings (SSSR count). The lowest BCUT2D eigenvalue weighted by Crippen LogP contribution is -2.40. The Morgan fingerprint density at radius 1 is 0.960 bits per heavy atom. The van der Waals surface area contributed by atoms with E-state index in [2.05, 4.69) is 17.2 Å². The molecule has 0 bridgehead atoms. The van der Waals surface area contributed by atoms with Gasteiger partial charge in [0, 0.05) is 35.8 Å². The molecule has 1 fully saturated rings. The summed E-state index contributed by atoms with van der Waals surface area (Å²) in [5, 5.41) is 2.70. The number of benzene rings is 2. The quantitative estimate of drug-likeness (QED) is 0.856. The van der Waals surface area contributed by atoms with Gasteiger partial charge >= 0.3 is 5.91 Å². The minimum atomic E-state index is -0.392. The number of carbonyl (C=O) groups excluding carboxylic acids is 2. The van der Waals surface area contributed by atoms with Gasteiger partial charge in [-0.1, -0.05) is 24.1 Å². The van der Waals surface area contributed by atoms with Crippen molar-refractivity contribution in [2.75, 3.05) is 31.6 Å². The minimum Gasteiger partial charge on any atom is -0.378 e. The van der Waals surface area contributed by atoms with Gasteiger partial charge in [-0.05, 0) is 36.4 Å². The van der Waals surface area contributed by atoms with Gasteiger partial charge in [-0.3, -0.25) is 9.59 Å². The first-order valence-electron chi connectivity index (χ1n) is 8.07. The summed E-state index contributed by atoms with van der Waals surface area (Å²) in [7, 11) is 0. The second-order valence-electron chi connectivity index (χ2n) is 5.55. The van der Waals surface area contributed by atoms with Gasteiger partial charge in [0.15, 0.2) is 0 Å². The number of morpholine rings is 1. The molecule has 2 aromatic rings. The van der Waals surface area contributed by atoms with Crippen molar-refractivity contribution in [3.05, 3.63) is 65.7 Å². The molecule has 1 heterocycles. The van der Waals surface area contributed by atoms with Crippen LogP contribution in [0.2, 0.25) is 0 Å². The Morgan fingerprint density at radius 2 is 1.64 bits per heavy atom. The summed E-state index contributed by atoms with van der Waals surface area (Å²) in [5.74, 6) is 4.93. The van der Waals surface area contributed by atoms with Gasteiger partial charge in [0.1, 0.15) is 0 Å². The molecule has 0 aromatic heterocycles. The zero-order valence-electron chi connectivity index (χ0n) is 13.7. The van der Waals surface area contributed by atoms with Gasteiger partial charge < -0.3 is 15.0 Å². The Hall–Kier alpha value is -3.10. The maximum atomic E-state index is 12.4. The van der Waals surface area contributed by atoms with E-state index in [-0.39, 0.29) is 5.91 Å². The largest absolute Gasteiger partial charge is 0.378 e. The van der Waals surface area contributed by atoms with Gasteiger partial charge in [0.05, 0.1) is 13.2 Å². The normalized spacial score (nSPS) is 13.5. The standard InChI is InChI=1S/C20H18N2O3/c23-19(11-6-16-4-2-1-3-5-16)21-18-9-7-17(8-10-18)20(24)22-12-14-25-15-13-22/h1-5,7-10H,12-15H2,(H,21,23). The molecule has 126 valence electrons. The summed E-state index contributed by atoms with van der Waals surface area (Å²) < 4.78 is 5.25. The molecule has 5 nitrogen and oxygen atoms in total. The smallest absolute Gasteiger partial charge is 0.300 e. The van der Waals surface area contributed by atoms with Crippen molar-refractivity contribution in [3.8, 4) is 11.8 Å². The van der Waals surface area contributed by atoms with Crippen molar-refractivity contribution in [3.63, 3.8) is 0 Å². The van der Waals surface area contributed by atoms with Crippen LogP contribution >= 0.6 is 0 Å². The summed E-state index contributed by atoms with van der Waals surface area (Å²) in [4.78, 5) is 26.0. The van der Waals surface area contributed by atoms with Crippen LogP contribution in [0.1, 0.15) is 15.9 Å². The van der Waals surface area contributed by atoms with E-state index in [1.54, 1.807) is 29.2 Å². The molecule has 0 atom stereocenters. The summed E-state index contributed by atoms with van der Waals surface area (Å²) in [5.41, 5.74) is 1.98. The predicted molar refractivity (Wildman–Crippen MR) is 95.1 cm³/mol. The van der Waals surface area contributed by atoms with Gasteiger partial charge in [0.25, 0.3) is 5.91 Å². The molecular weight excluding hydrogens is 316 g/mol. The molecule has 0 radical (unpaired) electrons. The fraction of sp³-hybridized carbons (Fsp3) is 0.200. The van der Waals surface area contributed by atoms with E-state index in [1.807, 2.05) is 30.3 Å². The van der Waals surface area contributed by atoms with Crippen LogP contribution in [0.25, 0.3) is 0 Å². The van der Waals surface area contributed by atoms with E-state index in [0.29, 0.717) is 37.6 Å². The lowest BCUT2D eigenvalue weighted by molar-refractivity contribution is -0.111. The van der Waals surface area contributed by atoms with E-state index in [4.69, 9.17) is 4.74 Å². The van der Waals surface area contributed by atoms with Crippen molar-refractivity contribution in [2.24, 2.45) is 0 Å². The number of carbonyl (C=O) groups is 2. The maximum Gasteiger partial charge on any atom is 0.300 e. The minimum absolute atomic E-state index is 0.0231. The number of hydrogen-bond donors (Lipinski definition) is 1. The Labute approximate surface area is 146 Å². The molecule has 25 heavy (non-hydrogen) atoms. The third kappa shape index (κ3) is 4.69. The van der Waals surface area contributed by atoms with Crippen LogP contribution in [0.15, 0.2) is 54.6 Å². The van der Waals surface area contributed by atoms with E-state index in [9.17, 15) is 9.59 Å². The first kappa shape index (κ1) is 16.7. The lowest BCUT2D eigenvalue weighted by Gasteiger charge is -2.26. The summed E-state index contributed by atoms with van der Waals surface area (Å²) in [6.45, 7) is 2.35. The lowest BCUT2D eigenvalue weighted by atomic mass is 10.1. The number of hydrogen-bond acceptors (Lipinski definition) is 3. The van der Waals surface area contributed by atoms with Crippen LogP contribution in [0.3, 0.4) is 0 Å². The van der Waals surface area contributed by atoms with Gasteiger partial charge in [0.2, 0.25) is 0 Å². The molecule has 1 N–H and O–H groups in total. The summed E-state index contributed by atoms with van der Waals surface area (Å²) >= 11 is 0. The molecule has 1 aliphatic rings. The molecule has 0 aliphatic carbocycles. The average Bonchev–Trinajstić information content (AvgIpc) is 2.68. The van der Waals surface area contributed by atoms with Crippen molar-refractivity contribution in [1.82, 2.24) is 4.90 Å². The zero-order chi connectivity index (χ0) is 17.5. The number of ether oxygens (including phenoxy) is 1. The number of anilines is 1. The second-order valence-corrected chi connectivity index (χ2v) is 5.55. The highest BCUT2D eigenvalue weighted by atomic mass is 16.5. The Kier molecular flexibility index (Phi) is 5.45. The monoisotopic (exact) mass is 334 g/mol. The number of amides is 2. The van der Waals surface area contributed by atoms with E-state index >= 15 is 0 Å². The first-order chi connectivity index (χ1) is 12.2. The molecule has 0 spiro atoms. The molecule has 2 aromatic carbocycles. The van der Waals surface area contributed by atoms with Gasteiger partial charge in [-0.2, -0.15) is 0 Å².